The number of nitrogens with one attached hydrogen (secondary N) is 1. The Morgan fingerprint density at radius 3 is 2.57 bits per heavy atom. The van der Waals surface area contributed by atoms with E-state index in [-0.39, 0.29) is 18.0 Å². The van der Waals surface area contributed by atoms with Gasteiger partial charge >= 0.3 is 12.0 Å². The van der Waals surface area contributed by atoms with Gasteiger partial charge in [-0.05, 0) is 24.3 Å². The molecule has 0 aliphatic heterocycles. The first-order chi connectivity index (χ1) is 9.86. The second-order valence-corrected chi connectivity index (χ2v) is 6.43. The molecular formula is C15H24N2O3S. The van der Waals surface area contributed by atoms with Gasteiger partial charge in [-0.1, -0.05) is 26.3 Å². The van der Waals surface area contributed by atoms with Gasteiger partial charge in [-0.2, -0.15) is 0 Å². The van der Waals surface area contributed by atoms with Crippen LogP contribution in [0.1, 0.15) is 32.1 Å². The Kier molecular flexibility index (Phi) is 6.68. The maximum atomic E-state index is 12.2. The molecule has 0 aliphatic carbocycles. The molecule has 0 radical (unpaired) electrons. The van der Waals surface area contributed by atoms with Crippen LogP contribution in [0.15, 0.2) is 17.5 Å². The van der Waals surface area contributed by atoms with Crippen LogP contribution in [0.2, 0.25) is 0 Å². The van der Waals surface area contributed by atoms with E-state index in [4.69, 9.17) is 0 Å². The molecule has 0 fully saturated rings. The zero-order chi connectivity index (χ0) is 16.0. The van der Waals surface area contributed by atoms with Gasteiger partial charge in [-0.25, -0.2) is 9.59 Å². The topological polar surface area (TPSA) is 69.6 Å². The zero-order valence-electron chi connectivity index (χ0n) is 13.0. The lowest BCUT2D eigenvalue weighted by atomic mass is 9.99. The van der Waals surface area contributed by atoms with Crippen LogP contribution >= 0.6 is 11.3 Å². The maximum absolute atomic E-state index is 12.2. The molecule has 1 rings (SSSR count). The van der Waals surface area contributed by atoms with Gasteiger partial charge in [0.25, 0.3) is 0 Å². The smallest absolute Gasteiger partial charge is 0.326 e. The molecular weight excluding hydrogens is 288 g/mol. The van der Waals surface area contributed by atoms with Gasteiger partial charge in [-0.3, -0.25) is 0 Å². The first-order valence-corrected chi connectivity index (χ1v) is 8.03. The summed E-state index contributed by atoms with van der Waals surface area (Å²) < 4.78 is 0. The van der Waals surface area contributed by atoms with Gasteiger partial charge in [-0.15, -0.1) is 11.3 Å². The van der Waals surface area contributed by atoms with Crippen molar-refractivity contribution in [2.24, 2.45) is 5.92 Å². The van der Waals surface area contributed by atoms with Gasteiger partial charge in [0.15, 0.2) is 0 Å². The highest BCUT2D eigenvalue weighted by atomic mass is 32.1. The van der Waals surface area contributed by atoms with E-state index in [9.17, 15) is 14.7 Å². The molecule has 118 valence electrons. The van der Waals surface area contributed by atoms with Gasteiger partial charge in [0.05, 0.1) is 0 Å². The van der Waals surface area contributed by atoms with Crippen LogP contribution in [0.3, 0.4) is 0 Å². The van der Waals surface area contributed by atoms with Crippen LogP contribution < -0.4 is 5.32 Å². The summed E-state index contributed by atoms with van der Waals surface area (Å²) in [5.74, 6) is -1.09. The number of urea groups is 1. The number of hydrogen-bond donors (Lipinski definition) is 2. The van der Waals surface area contributed by atoms with E-state index in [2.05, 4.69) is 5.32 Å². The molecule has 2 N–H and O–H groups in total. The highest BCUT2D eigenvalue weighted by Crippen LogP contribution is 2.14. The second kappa shape index (κ2) is 8.02. The van der Waals surface area contributed by atoms with Gasteiger partial charge in [0.2, 0.25) is 0 Å². The predicted octanol–water partition coefficient (Wildman–Crippen LogP) is 2.82. The largest absolute Gasteiger partial charge is 0.480 e. The number of carboxylic acid groups (broad SMARTS) is 1. The standard InChI is InChI=1S/C15H24N2O3S/c1-5-10(2)13(14(18)19)16-15(20)17(4)11(3)9-12-7-6-8-21-12/h6-8,10-11,13H,5,9H2,1-4H3,(H,16,20)(H,18,19). The average Bonchev–Trinajstić information content (AvgIpc) is 2.95. The third kappa shape index (κ3) is 5.04. The number of aliphatic carboxylic acids is 1. The molecule has 0 aliphatic rings. The Balaban J connectivity index is 2.61. The number of amides is 2. The summed E-state index contributed by atoms with van der Waals surface area (Å²) in [6.07, 6.45) is 1.47. The summed E-state index contributed by atoms with van der Waals surface area (Å²) >= 11 is 1.66. The third-order valence-electron chi connectivity index (χ3n) is 3.82. The summed E-state index contributed by atoms with van der Waals surface area (Å²) in [6, 6.07) is 2.84. The molecule has 21 heavy (non-hydrogen) atoms. The van der Waals surface area contributed by atoms with Crippen molar-refractivity contribution in [2.45, 2.75) is 45.7 Å². The number of rotatable bonds is 7. The fourth-order valence-electron chi connectivity index (χ4n) is 1.97. The number of carboxylic acids is 1. The van der Waals surface area contributed by atoms with E-state index < -0.39 is 12.0 Å². The van der Waals surface area contributed by atoms with Crippen molar-refractivity contribution in [1.82, 2.24) is 10.2 Å². The van der Waals surface area contributed by atoms with Crippen LogP contribution in [0.5, 0.6) is 0 Å². The minimum Gasteiger partial charge on any atom is -0.480 e. The summed E-state index contributed by atoms with van der Waals surface area (Å²) in [5.41, 5.74) is 0. The van der Waals surface area contributed by atoms with Gasteiger partial charge in [0.1, 0.15) is 6.04 Å². The predicted molar refractivity (Wildman–Crippen MR) is 84.7 cm³/mol. The average molecular weight is 312 g/mol. The molecule has 0 saturated heterocycles. The van der Waals surface area contributed by atoms with Crippen molar-refractivity contribution in [3.8, 4) is 0 Å². The number of carbonyl (C=O) groups is 2. The van der Waals surface area contributed by atoms with Crippen molar-refractivity contribution in [2.75, 3.05) is 7.05 Å². The number of thiophene rings is 1. The Morgan fingerprint density at radius 1 is 1.43 bits per heavy atom. The van der Waals surface area contributed by atoms with Crippen molar-refractivity contribution in [3.63, 3.8) is 0 Å². The summed E-state index contributed by atoms with van der Waals surface area (Å²) in [4.78, 5) is 26.2. The maximum Gasteiger partial charge on any atom is 0.326 e. The van der Waals surface area contributed by atoms with E-state index >= 15 is 0 Å². The summed E-state index contributed by atoms with van der Waals surface area (Å²) in [5, 5.41) is 13.8. The summed E-state index contributed by atoms with van der Waals surface area (Å²) in [6.45, 7) is 5.70. The fourth-order valence-corrected chi connectivity index (χ4v) is 2.80. The molecule has 0 spiro atoms. The molecule has 6 heteroatoms. The Bertz CT molecular complexity index is 461. The first kappa shape index (κ1) is 17.5. The van der Waals surface area contributed by atoms with E-state index in [0.717, 1.165) is 6.42 Å². The number of nitrogens with zero attached hydrogens (tertiary/aromatic N) is 1. The highest BCUT2D eigenvalue weighted by molar-refractivity contribution is 7.09. The molecule has 1 aromatic rings. The number of hydrogen-bond acceptors (Lipinski definition) is 3. The number of likely N-dealkylation sites (N-methyl/N-ethyl adjacent to an activating group) is 1. The number of carbonyl (C=O) groups excluding carboxylic acids is 1. The van der Waals surface area contributed by atoms with Crippen molar-refractivity contribution in [3.05, 3.63) is 22.4 Å². The molecule has 0 bridgehead atoms. The minimum absolute atomic E-state index is 0.00928. The molecule has 3 atom stereocenters. The van der Waals surface area contributed by atoms with Gasteiger partial charge in [0, 0.05) is 24.4 Å². The molecule has 3 unspecified atom stereocenters. The van der Waals surface area contributed by atoms with E-state index in [1.807, 2.05) is 38.3 Å². The lowest BCUT2D eigenvalue weighted by Crippen LogP contribution is -2.51. The molecule has 1 heterocycles. The third-order valence-corrected chi connectivity index (χ3v) is 4.71. The minimum atomic E-state index is -0.989. The van der Waals surface area contributed by atoms with E-state index in [1.165, 1.54) is 4.88 Å². The molecule has 0 saturated carbocycles. The lowest BCUT2D eigenvalue weighted by molar-refractivity contribution is -0.140. The lowest BCUT2D eigenvalue weighted by Gasteiger charge is -2.28. The normalized spacial score (nSPS) is 15.0. The molecule has 2 amide bonds. The van der Waals surface area contributed by atoms with E-state index in [0.29, 0.717) is 6.42 Å². The Hall–Kier alpha value is -1.56. The van der Waals surface area contributed by atoms with Crippen LogP contribution in [0.4, 0.5) is 4.79 Å². The summed E-state index contributed by atoms with van der Waals surface area (Å²) in [7, 11) is 1.70. The van der Waals surface area contributed by atoms with E-state index in [1.54, 1.807) is 23.3 Å². The Labute approximate surface area is 130 Å². The quantitative estimate of drug-likeness (QED) is 0.813. The van der Waals surface area contributed by atoms with Gasteiger partial charge < -0.3 is 15.3 Å². The SMILES string of the molecule is CCC(C)C(NC(=O)N(C)C(C)Cc1cccs1)C(=O)O. The first-order valence-electron chi connectivity index (χ1n) is 7.15. The van der Waals surface area contributed by atoms with Crippen LogP contribution in [0.25, 0.3) is 0 Å². The van der Waals surface area contributed by atoms with Crippen LogP contribution in [-0.2, 0) is 11.2 Å². The highest BCUT2D eigenvalue weighted by Gasteiger charge is 2.27. The second-order valence-electron chi connectivity index (χ2n) is 5.39. The van der Waals surface area contributed by atoms with Crippen LogP contribution in [0, 0.1) is 5.92 Å². The van der Waals surface area contributed by atoms with Crippen molar-refractivity contribution < 1.29 is 14.7 Å². The monoisotopic (exact) mass is 312 g/mol. The zero-order valence-corrected chi connectivity index (χ0v) is 13.8. The van der Waals surface area contributed by atoms with Crippen molar-refractivity contribution >= 4 is 23.3 Å². The van der Waals surface area contributed by atoms with Crippen LogP contribution in [-0.4, -0.2) is 41.1 Å². The molecule has 5 nitrogen and oxygen atoms in total. The Morgan fingerprint density at radius 2 is 2.10 bits per heavy atom. The van der Waals surface area contributed by atoms with Crippen molar-refractivity contribution in [1.29, 1.82) is 0 Å². The molecule has 0 aromatic carbocycles. The fraction of sp³-hybridized carbons (Fsp3) is 0.600. The molecule has 1 aromatic heterocycles.